The number of carbonyl (C=O) groups excluding carboxylic acids is 1. The minimum Gasteiger partial charge on any atom is -0.423 e. The number of hydrogen-bond acceptors (Lipinski definition) is 4. The number of aliphatic hydroxyl groups is 1. The lowest BCUT2D eigenvalue weighted by atomic mass is 9.76. The lowest BCUT2D eigenvalue weighted by molar-refractivity contribution is -0.0982. The Hall–Kier alpha value is -1.17. The fourth-order valence-electron chi connectivity index (χ4n) is 1.70. The van der Waals surface area contributed by atoms with Crippen LogP contribution in [0.15, 0.2) is 24.3 Å². The molecule has 0 atom stereocenters. The molecule has 0 amide bonds. The molecule has 1 aromatic rings. The highest BCUT2D eigenvalue weighted by molar-refractivity contribution is 6.60. The molecule has 2 N–H and O–H groups in total. The van der Waals surface area contributed by atoms with Gasteiger partial charge in [0.2, 0.25) is 0 Å². The van der Waals surface area contributed by atoms with Crippen LogP contribution >= 0.6 is 0 Å². The van der Waals surface area contributed by atoms with Crippen LogP contribution < -0.4 is 5.46 Å². The Morgan fingerprint density at radius 2 is 1.71 bits per heavy atom. The van der Waals surface area contributed by atoms with Gasteiger partial charge in [0.15, 0.2) is 5.78 Å². The van der Waals surface area contributed by atoms with Crippen LogP contribution in [-0.4, -0.2) is 34.2 Å². The highest BCUT2D eigenvalue weighted by atomic mass is 16.5. The summed E-state index contributed by atoms with van der Waals surface area (Å²) in [7, 11) is -1.15. The second kappa shape index (κ2) is 6.73. The molecule has 0 aromatic heterocycles. The molecule has 0 aliphatic heterocycles. The van der Waals surface area contributed by atoms with Crippen molar-refractivity contribution in [2.45, 2.75) is 58.7 Å². The molecule has 116 valence electrons. The predicted octanol–water partition coefficient (Wildman–Crippen LogP) is 1.92. The molecule has 0 radical (unpaired) electrons. The van der Waals surface area contributed by atoms with Crippen molar-refractivity contribution < 1.29 is 19.6 Å². The van der Waals surface area contributed by atoms with E-state index in [1.165, 1.54) is 0 Å². The molecule has 0 unspecified atom stereocenters. The van der Waals surface area contributed by atoms with Gasteiger partial charge in [-0.25, -0.2) is 0 Å². The third kappa shape index (κ3) is 4.66. The first-order valence-electron chi connectivity index (χ1n) is 7.30. The second-order valence-corrected chi connectivity index (χ2v) is 6.33. The Morgan fingerprint density at radius 1 is 1.19 bits per heavy atom. The third-order valence-electron chi connectivity index (χ3n) is 3.87. The number of benzene rings is 1. The van der Waals surface area contributed by atoms with Crippen LogP contribution in [0.3, 0.4) is 0 Å². The zero-order valence-electron chi connectivity index (χ0n) is 13.5. The average molecular weight is 292 g/mol. The molecule has 21 heavy (non-hydrogen) atoms. The molecule has 4 nitrogen and oxygen atoms in total. The van der Waals surface area contributed by atoms with Crippen LogP contribution in [0.4, 0.5) is 0 Å². The lowest BCUT2D eigenvalue weighted by Crippen LogP contribution is -2.53. The van der Waals surface area contributed by atoms with Crippen LogP contribution in [0.25, 0.3) is 0 Å². The summed E-state index contributed by atoms with van der Waals surface area (Å²) in [6.45, 7) is 8.66. The molecule has 0 aliphatic rings. The quantitative estimate of drug-likeness (QED) is 0.595. The largest absolute Gasteiger partial charge is 0.491 e. The van der Waals surface area contributed by atoms with Gasteiger partial charge in [0, 0.05) is 12.0 Å². The Kier molecular flexibility index (Phi) is 5.73. The summed E-state index contributed by atoms with van der Waals surface area (Å²) in [6, 6.07) is 6.73. The summed E-state index contributed by atoms with van der Waals surface area (Å²) in [4.78, 5) is 11.8. The van der Waals surface area contributed by atoms with Crippen molar-refractivity contribution in [2.24, 2.45) is 0 Å². The Morgan fingerprint density at radius 3 is 2.14 bits per heavy atom. The fourth-order valence-corrected chi connectivity index (χ4v) is 1.70. The summed E-state index contributed by atoms with van der Waals surface area (Å²) in [5.74, 6) is 0.0938. The van der Waals surface area contributed by atoms with Gasteiger partial charge >= 0.3 is 7.12 Å². The van der Waals surface area contributed by atoms with Crippen molar-refractivity contribution in [2.75, 3.05) is 0 Å². The van der Waals surface area contributed by atoms with Gasteiger partial charge in [-0.15, -0.1) is 0 Å². The van der Waals surface area contributed by atoms with E-state index in [-0.39, 0.29) is 5.78 Å². The molecule has 1 rings (SSSR count). The van der Waals surface area contributed by atoms with Gasteiger partial charge in [0.1, 0.15) is 0 Å². The third-order valence-corrected chi connectivity index (χ3v) is 3.87. The smallest absolute Gasteiger partial charge is 0.423 e. The summed E-state index contributed by atoms with van der Waals surface area (Å²) < 4.78 is 5.56. The maximum Gasteiger partial charge on any atom is 0.491 e. The molecule has 0 saturated heterocycles. The van der Waals surface area contributed by atoms with Gasteiger partial charge in [-0.3, -0.25) is 4.79 Å². The number of hydrogen-bond donors (Lipinski definition) is 2. The van der Waals surface area contributed by atoms with Crippen molar-refractivity contribution >= 4 is 18.4 Å². The number of rotatable bonds is 7. The first-order valence-corrected chi connectivity index (χ1v) is 7.30. The first kappa shape index (κ1) is 17.9. The normalized spacial score (nSPS) is 12.3. The summed E-state index contributed by atoms with van der Waals surface area (Å²) >= 11 is 0. The predicted molar refractivity (Wildman–Crippen MR) is 84.7 cm³/mol. The van der Waals surface area contributed by atoms with E-state index in [0.29, 0.717) is 17.4 Å². The number of ketones is 1. The molecule has 0 saturated carbocycles. The summed E-state index contributed by atoms with van der Waals surface area (Å²) in [5.41, 5.74) is -0.816. The van der Waals surface area contributed by atoms with Crippen LogP contribution in [0.1, 0.15) is 57.8 Å². The van der Waals surface area contributed by atoms with Crippen LogP contribution in [0.2, 0.25) is 0 Å². The highest BCUT2D eigenvalue weighted by Gasteiger charge is 2.39. The monoisotopic (exact) mass is 292 g/mol. The molecule has 0 bridgehead atoms. The van der Waals surface area contributed by atoms with Gasteiger partial charge in [0.25, 0.3) is 0 Å². The van der Waals surface area contributed by atoms with E-state index in [2.05, 4.69) is 0 Å². The lowest BCUT2D eigenvalue weighted by Gasteiger charge is -2.38. The second-order valence-electron chi connectivity index (χ2n) is 6.33. The van der Waals surface area contributed by atoms with Crippen LogP contribution in [-0.2, 0) is 4.65 Å². The molecule has 0 spiro atoms. The average Bonchev–Trinajstić information content (AvgIpc) is 2.37. The van der Waals surface area contributed by atoms with E-state index in [9.17, 15) is 14.9 Å². The van der Waals surface area contributed by atoms with Crippen molar-refractivity contribution in [3.05, 3.63) is 29.8 Å². The Labute approximate surface area is 127 Å². The molecule has 0 fully saturated rings. The summed E-state index contributed by atoms with van der Waals surface area (Å²) in [5, 5.41) is 20.2. The standard InChI is InChI=1S/C16H25BO4/c1-6-7-14(18)12-8-10-13(11-9-12)17(20)21-16(4,5)15(2,3)19/h8-11,19-20H,6-7H2,1-5H3. The molecular weight excluding hydrogens is 267 g/mol. The SMILES string of the molecule is CCCC(=O)c1ccc(B(O)OC(C)(C)C(C)(C)O)cc1. The van der Waals surface area contributed by atoms with Crippen LogP contribution in [0, 0.1) is 0 Å². The van der Waals surface area contributed by atoms with Gasteiger partial charge in [-0.05, 0) is 39.6 Å². The van der Waals surface area contributed by atoms with Crippen molar-refractivity contribution in [1.29, 1.82) is 0 Å². The zero-order valence-corrected chi connectivity index (χ0v) is 13.5. The topological polar surface area (TPSA) is 66.8 Å². The molecule has 1 aromatic carbocycles. The first-order chi connectivity index (χ1) is 9.58. The van der Waals surface area contributed by atoms with Crippen molar-refractivity contribution in [1.82, 2.24) is 0 Å². The minimum absolute atomic E-state index is 0.0938. The van der Waals surface area contributed by atoms with E-state index >= 15 is 0 Å². The minimum atomic E-state index is -1.15. The summed E-state index contributed by atoms with van der Waals surface area (Å²) in [6.07, 6.45) is 1.33. The van der Waals surface area contributed by atoms with E-state index < -0.39 is 18.3 Å². The number of Topliss-reactive ketones (excluding diaryl/α,β-unsaturated/α-hetero) is 1. The molecule has 0 aliphatic carbocycles. The maximum atomic E-state index is 11.8. The van der Waals surface area contributed by atoms with E-state index in [1.54, 1.807) is 52.0 Å². The molecule has 5 heteroatoms. The Bertz CT molecular complexity index is 474. The van der Waals surface area contributed by atoms with E-state index in [4.69, 9.17) is 4.65 Å². The van der Waals surface area contributed by atoms with Gasteiger partial charge in [0.05, 0.1) is 11.2 Å². The molecular formula is C16H25BO4. The van der Waals surface area contributed by atoms with E-state index in [0.717, 1.165) is 6.42 Å². The van der Waals surface area contributed by atoms with Crippen LogP contribution in [0.5, 0.6) is 0 Å². The molecule has 0 heterocycles. The van der Waals surface area contributed by atoms with Crippen molar-refractivity contribution in [3.8, 4) is 0 Å². The Balaban J connectivity index is 2.80. The highest BCUT2D eigenvalue weighted by Crippen LogP contribution is 2.25. The maximum absolute atomic E-state index is 11.8. The number of carbonyl (C=O) groups is 1. The fraction of sp³-hybridized carbons (Fsp3) is 0.562. The van der Waals surface area contributed by atoms with E-state index in [1.807, 2.05) is 6.92 Å². The van der Waals surface area contributed by atoms with Gasteiger partial charge in [-0.2, -0.15) is 0 Å². The van der Waals surface area contributed by atoms with Gasteiger partial charge < -0.3 is 14.8 Å². The zero-order chi connectivity index (χ0) is 16.3. The van der Waals surface area contributed by atoms with Crippen molar-refractivity contribution in [3.63, 3.8) is 0 Å². The van der Waals surface area contributed by atoms with Gasteiger partial charge in [-0.1, -0.05) is 31.2 Å².